The maximum Gasteiger partial charge on any atom is 0.417 e. The fourth-order valence-corrected chi connectivity index (χ4v) is 4.38. The Hall–Kier alpha value is -3.41. The van der Waals surface area contributed by atoms with Crippen LogP contribution in [0.5, 0.6) is 5.88 Å². The van der Waals surface area contributed by atoms with Gasteiger partial charge in [-0.15, -0.1) is 0 Å². The molecular formula is C27H30N2O4. The lowest BCUT2D eigenvalue weighted by atomic mass is 9.88. The van der Waals surface area contributed by atoms with Gasteiger partial charge < -0.3 is 9.47 Å². The minimum Gasteiger partial charge on any atom is -0.481 e. The van der Waals surface area contributed by atoms with E-state index in [9.17, 15) is 9.59 Å². The Morgan fingerprint density at radius 3 is 2.48 bits per heavy atom. The molecule has 1 saturated heterocycles. The zero-order chi connectivity index (χ0) is 23.8. The number of likely N-dealkylation sites (tertiary alicyclic amines) is 1. The number of carbonyl (C=O) groups excluding carboxylic acids is 2. The first-order valence-electron chi connectivity index (χ1n) is 11.2. The Balaban J connectivity index is 1.60. The Morgan fingerprint density at radius 2 is 1.82 bits per heavy atom. The van der Waals surface area contributed by atoms with Crippen LogP contribution in [0.25, 0.3) is 10.9 Å². The second-order valence-corrected chi connectivity index (χ2v) is 9.71. The van der Waals surface area contributed by atoms with E-state index in [1.807, 2.05) is 55.5 Å². The molecule has 1 fully saturated rings. The summed E-state index contributed by atoms with van der Waals surface area (Å²) in [4.78, 5) is 31.3. The number of rotatable bonds is 4. The highest BCUT2D eigenvalue weighted by Gasteiger charge is 2.48. The molecule has 0 N–H and O–H groups in total. The summed E-state index contributed by atoms with van der Waals surface area (Å²) in [6, 6.07) is 18.1. The molecule has 6 nitrogen and oxygen atoms in total. The smallest absolute Gasteiger partial charge is 0.417 e. The number of ether oxygens (including phenoxy) is 2. The predicted octanol–water partition coefficient (Wildman–Crippen LogP) is 5.61. The number of methoxy groups -OCH3 is 1. The molecule has 0 radical (unpaired) electrons. The molecule has 3 aromatic rings. The van der Waals surface area contributed by atoms with Crippen molar-refractivity contribution >= 4 is 22.9 Å². The molecule has 33 heavy (non-hydrogen) atoms. The summed E-state index contributed by atoms with van der Waals surface area (Å²) in [6.07, 6.45) is 0.945. The molecule has 6 heteroatoms. The number of nitrogens with zero attached hydrogens (tertiary/aromatic N) is 2. The number of hydrogen-bond acceptors (Lipinski definition) is 5. The van der Waals surface area contributed by atoms with Crippen molar-refractivity contribution in [2.75, 3.05) is 7.11 Å². The summed E-state index contributed by atoms with van der Waals surface area (Å²) in [6.45, 7) is 7.32. The number of imide groups is 1. The number of benzene rings is 2. The third-order valence-corrected chi connectivity index (χ3v) is 6.07. The number of fused-ring (bicyclic) bond motifs is 1. The molecule has 172 valence electrons. The number of hydrogen-bond donors (Lipinski definition) is 0. The Bertz CT molecular complexity index is 1200. The predicted molar refractivity (Wildman–Crippen MR) is 127 cm³/mol. The number of para-hydroxylation sites is 1. The highest BCUT2D eigenvalue weighted by molar-refractivity contribution is 5.95. The zero-order valence-corrected chi connectivity index (χ0v) is 19.8. The molecule has 2 heterocycles. The van der Waals surface area contributed by atoms with Gasteiger partial charge >= 0.3 is 6.09 Å². The van der Waals surface area contributed by atoms with E-state index in [4.69, 9.17) is 9.47 Å². The maximum atomic E-state index is 12.8. The van der Waals surface area contributed by atoms with E-state index in [-0.39, 0.29) is 5.91 Å². The topological polar surface area (TPSA) is 68.7 Å². The van der Waals surface area contributed by atoms with Gasteiger partial charge in [-0.2, -0.15) is 0 Å². The highest BCUT2D eigenvalue weighted by Crippen LogP contribution is 2.40. The largest absolute Gasteiger partial charge is 0.481 e. The van der Waals surface area contributed by atoms with Gasteiger partial charge in [0.05, 0.1) is 18.2 Å². The van der Waals surface area contributed by atoms with Crippen LogP contribution >= 0.6 is 0 Å². The van der Waals surface area contributed by atoms with E-state index in [0.717, 1.165) is 27.6 Å². The molecule has 0 saturated carbocycles. The standard InChI is InChI=1S/C27H30N2O4/c1-26(2,3)33-25(31)29-23(30)14-15-27(29,4)21-12-10-18(11-13-21)16-20-17-19-8-6-7-9-22(19)28-24(20)32-5/h6-13,17H,14-16H2,1-5H3/t27-/m1/s1. The molecule has 0 spiro atoms. The van der Waals surface area contributed by atoms with Crippen molar-refractivity contribution in [3.05, 3.63) is 71.3 Å². The van der Waals surface area contributed by atoms with E-state index in [0.29, 0.717) is 25.1 Å². The van der Waals surface area contributed by atoms with Crippen molar-refractivity contribution in [1.29, 1.82) is 0 Å². The Morgan fingerprint density at radius 1 is 1.12 bits per heavy atom. The molecule has 1 aliphatic heterocycles. The van der Waals surface area contributed by atoms with Gasteiger partial charge in [0.25, 0.3) is 0 Å². The highest BCUT2D eigenvalue weighted by atomic mass is 16.6. The number of pyridine rings is 1. The summed E-state index contributed by atoms with van der Waals surface area (Å²) in [5.74, 6) is 0.407. The first-order valence-corrected chi connectivity index (χ1v) is 11.2. The fraction of sp³-hybridized carbons (Fsp3) is 0.370. The van der Waals surface area contributed by atoms with Crippen LogP contribution in [-0.4, -0.2) is 34.6 Å². The minimum atomic E-state index is -0.736. The van der Waals surface area contributed by atoms with Crippen LogP contribution in [0.3, 0.4) is 0 Å². The van der Waals surface area contributed by atoms with Crippen molar-refractivity contribution in [1.82, 2.24) is 9.88 Å². The van der Waals surface area contributed by atoms with E-state index in [2.05, 4.69) is 11.1 Å². The molecule has 0 aliphatic carbocycles. The first-order chi connectivity index (χ1) is 15.6. The second kappa shape index (κ2) is 8.50. The molecule has 2 amide bonds. The molecule has 0 bridgehead atoms. The molecule has 2 aromatic carbocycles. The maximum absolute atomic E-state index is 12.8. The fourth-order valence-electron chi connectivity index (χ4n) is 4.38. The Kier molecular flexibility index (Phi) is 5.87. The van der Waals surface area contributed by atoms with Crippen molar-refractivity contribution < 1.29 is 19.1 Å². The van der Waals surface area contributed by atoms with Crippen LogP contribution in [0.4, 0.5) is 4.79 Å². The summed E-state index contributed by atoms with van der Waals surface area (Å²) >= 11 is 0. The van der Waals surface area contributed by atoms with Gasteiger partial charge in [0, 0.05) is 23.8 Å². The lowest BCUT2D eigenvalue weighted by molar-refractivity contribution is -0.130. The normalized spacial score (nSPS) is 18.6. The molecule has 1 aromatic heterocycles. The number of amides is 2. The van der Waals surface area contributed by atoms with Gasteiger partial charge in [-0.1, -0.05) is 42.5 Å². The third kappa shape index (κ3) is 4.56. The summed E-state index contributed by atoms with van der Waals surface area (Å²) in [7, 11) is 1.63. The molecule has 1 atom stereocenters. The molecule has 0 unspecified atom stereocenters. The van der Waals surface area contributed by atoms with Crippen LogP contribution in [0.1, 0.15) is 57.2 Å². The van der Waals surface area contributed by atoms with Crippen molar-refractivity contribution in [3.63, 3.8) is 0 Å². The second-order valence-electron chi connectivity index (χ2n) is 9.71. The summed E-state index contributed by atoms with van der Waals surface area (Å²) in [5, 5.41) is 1.06. The van der Waals surface area contributed by atoms with Crippen molar-refractivity contribution in [2.24, 2.45) is 0 Å². The van der Waals surface area contributed by atoms with Gasteiger partial charge in [-0.25, -0.2) is 14.7 Å². The van der Waals surface area contributed by atoms with Crippen LogP contribution in [-0.2, 0) is 21.5 Å². The number of carbonyl (C=O) groups is 2. The molecular weight excluding hydrogens is 416 g/mol. The van der Waals surface area contributed by atoms with Crippen molar-refractivity contribution in [3.8, 4) is 5.88 Å². The van der Waals surface area contributed by atoms with Gasteiger partial charge in [0.1, 0.15) is 5.60 Å². The summed E-state index contributed by atoms with van der Waals surface area (Å²) < 4.78 is 11.0. The lowest BCUT2D eigenvalue weighted by Crippen LogP contribution is -2.47. The van der Waals surface area contributed by atoms with E-state index >= 15 is 0 Å². The van der Waals surface area contributed by atoms with Gasteiger partial charge in [0.15, 0.2) is 0 Å². The average molecular weight is 447 g/mol. The van der Waals surface area contributed by atoms with Crippen LogP contribution in [0.15, 0.2) is 54.6 Å². The number of aromatic nitrogens is 1. The van der Waals surface area contributed by atoms with Gasteiger partial charge in [0.2, 0.25) is 11.8 Å². The quantitative estimate of drug-likeness (QED) is 0.521. The van der Waals surface area contributed by atoms with Crippen LogP contribution in [0.2, 0.25) is 0 Å². The van der Waals surface area contributed by atoms with Crippen molar-refractivity contribution in [2.45, 2.75) is 58.1 Å². The van der Waals surface area contributed by atoms with Gasteiger partial charge in [-0.3, -0.25) is 4.79 Å². The monoisotopic (exact) mass is 446 g/mol. The molecule has 4 rings (SSSR count). The lowest BCUT2D eigenvalue weighted by Gasteiger charge is -2.35. The van der Waals surface area contributed by atoms with E-state index in [1.54, 1.807) is 27.9 Å². The van der Waals surface area contributed by atoms with Crippen LogP contribution < -0.4 is 4.74 Å². The minimum absolute atomic E-state index is 0.206. The van der Waals surface area contributed by atoms with Crippen LogP contribution in [0, 0.1) is 0 Å². The van der Waals surface area contributed by atoms with E-state index < -0.39 is 17.2 Å². The molecule has 1 aliphatic rings. The SMILES string of the molecule is COc1nc2ccccc2cc1Cc1ccc([C@@]2(C)CCC(=O)N2C(=O)OC(C)(C)C)cc1. The summed E-state index contributed by atoms with van der Waals surface area (Å²) in [5.41, 5.74) is 2.49. The average Bonchev–Trinajstić information content (AvgIpc) is 3.08. The Labute approximate surface area is 194 Å². The first kappa shape index (κ1) is 22.8. The third-order valence-electron chi connectivity index (χ3n) is 6.07. The zero-order valence-electron chi connectivity index (χ0n) is 19.8. The van der Waals surface area contributed by atoms with Gasteiger partial charge in [-0.05, 0) is 57.4 Å². The van der Waals surface area contributed by atoms with E-state index in [1.165, 1.54) is 4.90 Å².